The number of fused-ring (bicyclic) bond motifs is 1. The van der Waals surface area contributed by atoms with Crippen LogP contribution in [0.3, 0.4) is 0 Å². The number of hydrogen-bond donors (Lipinski definition) is 1. The first-order chi connectivity index (χ1) is 11.1. The molecule has 0 spiro atoms. The smallest absolute Gasteiger partial charge is 0.227 e. The van der Waals surface area contributed by atoms with Crippen LogP contribution in [0.4, 0.5) is 17.6 Å². The molecule has 0 aliphatic heterocycles. The maximum absolute atomic E-state index is 4.68. The van der Waals surface area contributed by atoms with Gasteiger partial charge < -0.3 is 10.2 Å². The van der Waals surface area contributed by atoms with Crippen molar-refractivity contribution in [2.45, 2.75) is 27.3 Å². The van der Waals surface area contributed by atoms with Crippen LogP contribution in [-0.4, -0.2) is 43.3 Å². The predicted octanol–water partition coefficient (Wildman–Crippen LogP) is 2.14. The quantitative estimate of drug-likeness (QED) is 0.772. The van der Waals surface area contributed by atoms with Gasteiger partial charge in [-0.2, -0.15) is 10.1 Å². The summed E-state index contributed by atoms with van der Waals surface area (Å²) >= 11 is 0. The fourth-order valence-electron chi connectivity index (χ4n) is 2.33. The van der Waals surface area contributed by atoms with Crippen LogP contribution in [-0.2, 0) is 6.54 Å². The van der Waals surface area contributed by atoms with E-state index in [9.17, 15) is 0 Å². The first kappa shape index (κ1) is 15.1. The number of hydrogen-bond acceptors (Lipinski definition) is 7. The Balaban J connectivity index is 2.19. The van der Waals surface area contributed by atoms with E-state index in [0.29, 0.717) is 17.6 Å². The zero-order valence-corrected chi connectivity index (χ0v) is 13.8. The molecule has 1 N–H and O–H groups in total. The third-order valence-electron chi connectivity index (χ3n) is 3.69. The van der Waals surface area contributed by atoms with E-state index in [1.807, 2.05) is 30.5 Å². The van der Waals surface area contributed by atoms with Crippen molar-refractivity contribution in [1.82, 2.24) is 29.7 Å². The van der Waals surface area contributed by atoms with Gasteiger partial charge in [-0.15, -0.1) is 0 Å². The third kappa shape index (κ3) is 2.79. The van der Waals surface area contributed by atoms with E-state index in [0.717, 1.165) is 29.8 Å². The predicted molar refractivity (Wildman–Crippen MR) is 90.0 cm³/mol. The minimum Gasteiger partial charge on any atom is -0.344 e. The minimum atomic E-state index is 0.662. The first-order valence-electron chi connectivity index (χ1n) is 7.63. The molecule has 0 saturated heterocycles. The van der Waals surface area contributed by atoms with E-state index in [1.54, 1.807) is 12.3 Å². The Morgan fingerprint density at radius 3 is 2.74 bits per heavy atom. The second-order valence-corrected chi connectivity index (χ2v) is 5.20. The summed E-state index contributed by atoms with van der Waals surface area (Å²) in [7, 11) is 1.97. The standard InChI is InChI=1S/C15H20N8/c1-5-22(4)15-19-12-10(3)21-23(6-2)13(12)14(20-15)18-11-7-8-16-9-17-11/h7-9H,5-6H2,1-4H3,(H,16,17,18,19,20). The Hall–Kier alpha value is -2.77. The van der Waals surface area contributed by atoms with Gasteiger partial charge in [-0.3, -0.25) is 4.68 Å². The second-order valence-electron chi connectivity index (χ2n) is 5.20. The fraction of sp³-hybridized carbons (Fsp3) is 0.400. The number of aromatic nitrogens is 6. The molecule has 8 nitrogen and oxygen atoms in total. The summed E-state index contributed by atoms with van der Waals surface area (Å²) in [5.41, 5.74) is 2.63. The molecular formula is C15H20N8. The lowest BCUT2D eigenvalue weighted by Gasteiger charge is -2.16. The molecule has 120 valence electrons. The number of nitrogens with one attached hydrogen (secondary N) is 1. The van der Waals surface area contributed by atoms with Gasteiger partial charge in [0.1, 0.15) is 23.2 Å². The second kappa shape index (κ2) is 6.15. The van der Waals surface area contributed by atoms with Gasteiger partial charge in [-0.25, -0.2) is 15.0 Å². The maximum Gasteiger partial charge on any atom is 0.227 e. The van der Waals surface area contributed by atoms with Gasteiger partial charge in [0.05, 0.1) is 5.69 Å². The highest BCUT2D eigenvalue weighted by Crippen LogP contribution is 2.27. The van der Waals surface area contributed by atoms with Gasteiger partial charge in [0.15, 0.2) is 5.82 Å². The molecule has 3 aromatic heterocycles. The zero-order valence-electron chi connectivity index (χ0n) is 13.8. The summed E-state index contributed by atoms with van der Waals surface area (Å²) < 4.78 is 1.91. The van der Waals surface area contributed by atoms with Crippen LogP contribution in [0.1, 0.15) is 19.5 Å². The fourth-order valence-corrected chi connectivity index (χ4v) is 2.33. The van der Waals surface area contributed by atoms with Crippen molar-refractivity contribution in [3.8, 4) is 0 Å². The summed E-state index contributed by atoms with van der Waals surface area (Å²) in [5, 5.41) is 7.82. The average Bonchev–Trinajstić information content (AvgIpc) is 2.91. The summed E-state index contributed by atoms with van der Waals surface area (Å²) in [5.74, 6) is 2.05. The summed E-state index contributed by atoms with van der Waals surface area (Å²) in [4.78, 5) is 19.5. The molecule has 0 unspecified atom stereocenters. The molecule has 0 aliphatic carbocycles. The van der Waals surface area contributed by atoms with Crippen LogP contribution in [0, 0.1) is 6.92 Å². The topological polar surface area (TPSA) is 84.7 Å². The SMILES string of the molecule is CCN(C)c1nc(Nc2ccncn2)c2c(n1)c(C)nn2CC. The number of anilines is 3. The molecule has 3 rings (SSSR count). The molecule has 0 aromatic carbocycles. The molecule has 8 heteroatoms. The van der Waals surface area contributed by atoms with Crippen LogP contribution in [0.15, 0.2) is 18.6 Å². The third-order valence-corrected chi connectivity index (χ3v) is 3.69. The lowest BCUT2D eigenvalue weighted by Crippen LogP contribution is -2.19. The van der Waals surface area contributed by atoms with Gasteiger partial charge in [0, 0.05) is 26.3 Å². The van der Waals surface area contributed by atoms with Crippen LogP contribution in [0.25, 0.3) is 11.0 Å². The highest BCUT2D eigenvalue weighted by Gasteiger charge is 2.17. The molecule has 3 heterocycles. The first-order valence-corrected chi connectivity index (χ1v) is 7.63. The molecule has 0 saturated carbocycles. The van der Waals surface area contributed by atoms with Gasteiger partial charge in [-0.05, 0) is 26.8 Å². The molecule has 0 fully saturated rings. The van der Waals surface area contributed by atoms with Crippen LogP contribution in [0.2, 0.25) is 0 Å². The largest absolute Gasteiger partial charge is 0.344 e. The molecular weight excluding hydrogens is 292 g/mol. The van der Waals surface area contributed by atoms with Gasteiger partial charge >= 0.3 is 0 Å². The summed E-state index contributed by atoms with van der Waals surface area (Å²) in [6.45, 7) is 7.64. The van der Waals surface area contributed by atoms with Crippen molar-refractivity contribution in [1.29, 1.82) is 0 Å². The van der Waals surface area contributed by atoms with E-state index in [1.165, 1.54) is 6.33 Å². The molecule has 23 heavy (non-hydrogen) atoms. The van der Waals surface area contributed by atoms with Crippen molar-refractivity contribution in [2.24, 2.45) is 0 Å². The Labute approximate surface area is 134 Å². The minimum absolute atomic E-state index is 0.662. The van der Waals surface area contributed by atoms with E-state index in [-0.39, 0.29) is 0 Å². The molecule has 0 amide bonds. The number of rotatable bonds is 5. The van der Waals surface area contributed by atoms with Crippen molar-refractivity contribution >= 4 is 28.6 Å². The van der Waals surface area contributed by atoms with Crippen LogP contribution < -0.4 is 10.2 Å². The van der Waals surface area contributed by atoms with Gasteiger partial charge in [0.2, 0.25) is 5.95 Å². The van der Waals surface area contributed by atoms with E-state index < -0.39 is 0 Å². The monoisotopic (exact) mass is 312 g/mol. The molecule has 0 aliphatic rings. The Morgan fingerprint density at radius 1 is 1.26 bits per heavy atom. The Kier molecular flexibility index (Phi) is 4.05. The Bertz CT molecular complexity index is 811. The van der Waals surface area contributed by atoms with E-state index >= 15 is 0 Å². The summed E-state index contributed by atoms with van der Waals surface area (Å²) in [6.07, 6.45) is 3.19. The van der Waals surface area contributed by atoms with Crippen molar-refractivity contribution in [3.05, 3.63) is 24.3 Å². The van der Waals surface area contributed by atoms with E-state index in [4.69, 9.17) is 0 Å². The maximum atomic E-state index is 4.68. The van der Waals surface area contributed by atoms with Crippen molar-refractivity contribution in [3.63, 3.8) is 0 Å². The van der Waals surface area contributed by atoms with Gasteiger partial charge in [0.25, 0.3) is 0 Å². The summed E-state index contributed by atoms with van der Waals surface area (Å²) in [6, 6.07) is 1.80. The molecule has 3 aromatic rings. The lowest BCUT2D eigenvalue weighted by atomic mass is 10.3. The molecule has 0 atom stereocenters. The van der Waals surface area contributed by atoms with Crippen LogP contribution in [0.5, 0.6) is 0 Å². The number of aryl methyl sites for hydroxylation is 2. The molecule has 0 radical (unpaired) electrons. The number of nitrogens with zero attached hydrogens (tertiary/aromatic N) is 7. The highest BCUT2D eigenvalue weighted by atomic mass is 15.3. The zero-order chi connectivity index (χ0) is 16.4. The normalized spacial score (nSPS) is 11.0. The lowest BCUT2D eigenvalue weighted by molar-refractivity contribution is 0.676. The average molecular weight is 312 g/mol. The van der Waals surface area contributed by atoms with Gasteiger partial charge in [-0.1, -0.05) is 0 Å². The van der Waals surface area contributed by atoms with Crippen molar-refractivity contribution in [2.75, 3.05) is 23.8 Å². The van der Waals surface area contributed by atoms with Crippen LogP contribution >= 0.6 is 0 Å². The van der Waals surface area contributed by atoms with E-state index in [2.05, 4.69) is 37.3 Å². The van der Waals surface area contributed by atoms with Crippen molar-refractivity contribution < 1.29 is 0 Å². The Morgan fingerprint density at radius 2 is 2.09 bits per heavy atom. The highest BCUT2D eigenvalue weighted by molar-refractivity contribution is 5.90. The molecule has 0 bridgehead atoms.